The molecule has 1 amide bonds. The van der Waals surface area contributed by atoms with E-state index in [0.717, 1.165) is 5.56 Å². The van der Waals surface area contributed by atoms with Crippen LogP contribution in [0.15, 0.2) is 47.4 Å². The SMILES string of the molecule is NC(=O)C(c1ccc(OCl)nc1)N1c2c(C(=O)O)ccnc2NC1c1ccsc1. The van der Waals surface area contributed by atoms with Crippen molar-refractivity contribution in [1.82, 2.24) is 9.97 Å². The van der Waals surface area contributed by atoms with E-state index < -0.39 is 24.1 Å². The molecule has 0 spiro atoms. The standard InChI is InChI=1S/C18H14ClN5O4S/c19-28-12-2-1-9(7-22-12)13(15(20)25)24-14-11(18(26)27)3-5-21-16(14)23-17(24)10-4-6-29-8-10/h1-8,13,17H,(H2,20,25)(H,21,23)(H,26,27). The van der Waals surface area contributed by atoms with E-state index in [-0.39, 0.29) is 17.1 Å². The average molecular weight is 432 g/mol. The van der Waals surface area contributed by atoms with Gasteiger partial charge in [-0.15, -0.1) is 0 Å². The van der Waals surface area contributed by atoms with Crippen LogP contribution >= 0.6 is 23.2 Å². The van der Waals surface area contributed by atoms with Gasteiger partial charge in [-0.2, -0.15) is 11.3 Å². The van der Waals surface area contributed by atoms with E-state index >= 15 is 0 Å². The van der Waals surface area contributed by atoms with Crippen molar-refractivity contribution in [3.63, 3.8) is 0 Å². The van der Waals surface area contributed by atoms with Crippen LogP contribution in [0.5, 0.6) is 5.88 Å². The van der Waals surface area contributed by atoms with Gasteiger partial charge in [0.05, 0.1) is 11.3 Å². The quantitative estimate of drug-likeness (QED) is 0.543. The highest BCUT2D eigenvalue weighted by Crippen LogP contribution is 2.47. The van der Waals surface area contributed by atoms with Gasteiger partial charge in [-0.05, 0) is 29.0 Å². The van der Waals surface area contributed by atoms with Crippen molar-refractivity contribution >= 4 is 46.6 Å². The first kappa shape index (κ1) is 19.0. The summed E-state index contributed by atoms with van der Waals surface area (Å²) in [5.41, 5.74) is 7.32. The van der Waals surface area contributed by atoms with Crippen LogP contribution in [0.1, 0.15) is 33.7 Å². The topological polar surface area (TPSA) is 131 Å². The number of nitrogens with one attached hydrogen (secondary N) is 1. The molecule has 0 saturated carbocycles. The van der Waals surface area contributed by atoms with Crippen LogP contribution in [-0.2, 0) is 4.79 Å². The predicted molar refractivity (Wildman–Crippen MR) is 107 cm³/mol. The summed E-state index contributed by atoms with van der Waals surface area (Å²) in [6.07, 6.45) is 2.26. The molecule has 0 fully saturated rings. The van der Waals surface area contributed by atoms with Crippen molar-refractivity contribution in [3.05, 3.63) is 64.1 Å². The zero-order valence-electron chi connectivity index (χ0n) is 14.7. The third-order valence-electron chi connectivity index (χ3n) is 4.53. The molecule has 4 N–H and O–H groups in total. The number of aromatic carboxylic acids is 1. The summed E-state index contributed by atoms with van der Waals surface area (Å²) in [6, 6.07) is 5.32. The third-order valence-corrected chi connectivity index (χ3v) is 5.38. The lowest BCUT2D eigenvalue weighted by Crippen LogP contribution is -2.40. The molecule has 0 bridgehead atoms. The number of carboxylic acid groups (broad SMARTS) is 1. The first-order valence-corrected chi connectivity index (χ1v) is 9.59. The highest BCUT2D eigenvalue weighted by molar-refractivity contribution is 7.08. The lowest BCUT2D eigenvalue weighted by Gasteiger charge is -2.33. The van der Waals surface area contributed by atoms with E-state index in [0.29, 0.717) is 11.4 Å². The number of nitrogens with zero attached hydrogens (tertiary/aromatic N) is 3. The highest BCUT2D eigenvalue weighted by atomic mass is 35.5. The van der Waals surface area contributed by atoms with E-state index in [1.165, 1.54) is 35.9 Å². The number of nitrogens with two attached hydrogens (primary N) is 1. The van der Waals surface area contributed by atoms with Gasteiger partial charge in [-0.25, -0.2) is 14.8 Å². The lowest BCUT2D eigenvalue weighted by molar-refractivity contribution is -0.119. The number of primary amides is 1. The molecule has 2 unspecified atom stereocenters. The molecule has 0 aliphatic carbocycles. The number of anilines is 2. The van der Waals surface area contributed by atoms with Crippen molar-refractivity contribution in [2.24, 2.45) is 5.73 Å². The van der Waals surface area contributed by atoms with Gasteiger partial charge in [0.15, 0.2) is 5.82 Å². The molecule has 1 aliphatic rings. The molecule has 29 heavy (non-hydrogen) atoms. The number of amides is 1. The van der Waals surface area contributed by atoms with Crippen molar-refractivity contribution in [2.45, 2.75) is 12.2 Å². The number of aromatic nitrogens is 2. The van der Waals surface area contributed by atoms with Crippen molar-refractivity contribution in [1.29, 1.82) is 0 Å². The van der Waals surface area contributed by atoms with Crippen molar-refractivity contribution < 1.29 is 19.0 Å². The monoisotopic (exact) mass is 431 g/mol. The molecule has 4 heterocycles. The van der Waals surface area contributed by atoms with Gasteiger partial charge < -0.3 is 25.3 Å². The molecule has 4 rings (SSSR count). The molecule has 2 atom stereocenters. The van der Waals surface area contributed by atoms with Crippen LogP contribution < -0.4 is 20.2 Å². The molecular weight excluding hydrogens is 418 g/mol. The second-order valence-electron chi connectivity index (χ2n) is 6.18. The van der Waals surface area contributed by atoms with Crippen LogP contribution in [-0.4, -0.2) is 27.0 Å². The van der Waals surface area contributed by atoms with Crippen LogP contribution in [0.25, 0.3) is 0 Å². The summed E-state index contributed by atoms with van der Waals surface area (Å²) < 4.78 is 4.55. The van der Waals surface area contributed by atoms with Crippen LogP contribution in [0.3, 0.4) is 0 Å². The molecule has 0 aromatic carbocycles. The van der Waals surface area contributed by atoms with E-state index in [2.05, 4.69) is 19.6 Å². The van der Waals surface area contributed by atoms with Gasteiger partial charge in [0, 0.05) is 29.6 Å². The summed E-state index contributed by atoms with van der Waals surface area (Å²) in [6.45, 7) is 0. The number of halogens is 1. The lowest BCUT2D eigenvalue weighted by atomic mass is 10.0. The first-order valence-electron chi connectivity index (χ1n) is 8.34. The number of fused-ring (bicyclic) bond motifs is 1. The van der Waals surface area contributed by atoms with E-state index in [9.17, 15) is 14.7 Å². The summed E-state index contributed by atoms with van der Waals surface area (Å²) in [4.78, 5) is 34.3. The fraction of sp³-hybridized carbons (Fsp3) is 0.111. The maximum atomic E-state index is 12.5. The van der Waals surface area contributed by atoms with Gasteiger partial charge in [-0.3, -0.25) is 4.79 Å². The Morgan fingerprint density at radius 3 is 2.72 bits per heavy atom. The van der Waals surface area contributed by atoms with Crippen molar-refractivity contribution in [2.75, 3.05) is 10.2 Å². The Morgan fingerprint density at radius 1 is 1.31 bits per heavy atom. The summed E-state index contributed by atoms with van der Waals surface area (Å²) in [5, 5.41) is 16.7. The molecule has 3 aromatic heterocycles. The van der Waals surface area contributed by atoms with Gasteiger partial charge in [0.2, 0.25) is 11.8 Å². The summed E-state index contributed by atoms with van der Waals surface area (Å²) >= 11 is 6.79. The normalized spacial score (nSPS) is 16.0. The van der Waals surface area contributed by atoms with Crippen LogP contribution in [0.2, 0.25) is 0 Å². The molecule has 3 aromatic rings. The fourth-order valence-electron chi connectivity index (χ4n) is 3.34. The summed E-state index contributed by atoms with van der Waals surface area (Å²) in [5.74, 6) is -1.32. The molecule has 0 saturated heterocycles. The number of rotatable bonds is 6. The number of hydrogen-bond donors (Lipinski definition) is 3. The minimum Gasteiger partial charge on any atom is -0.478 e. The number of carboxylic acids is 1. The smallest absolute Gasteiger partial charge is 0.338 e. The number of pyridine rings is 2. The van der Waals surface area contributed by atoms with Gasteiger partial charge >= 0.3 is 5.97 Å². The maximum Gasteiger partial charge on any atom is 0.338 e. The number of thiophene rings is 1. The Labute approximate surface area is 173 Å². The number of carbonyl (C=O) groups excluding carboxylic acids is 1. The van der Waals surface area contributed by atoms with Gasteiger partial charge in [0.25, 0.3) is 0 Å². The van der Waals surface area contributed by atoms with Crippen LogP contribution in [0, 0.1) is 0 Å². The Kier molecular flexibility index (Phi) is 4.95. The molecule has 11 heteroatoms. The van der Waals surface area contributed by atoms with E-state index in [4.69, 9.17) is 17.6 Å². The second-order valence-corrected chi connectivity index (χ2v) is 7.12. The second kappa shape index (κ2) is 7.57. The molecule has 0 radical (unpaired) electrons. The number of hydrogen-bond acceptors (Lipinski definition) is 8. The Bertz CT molecular complexity index is 1060. The van der Waals surface area contributed by atoms with Crippen LogP contribution in [0.4, 0.5) is 11.5 Å². The van der Waals surface area contributed by atoms with Gasteiger partial charge in [-0.1, -0.05) is 0 Å². The average Bonchev–Trinajstić information content (AvgIpc) is 3.36. The Balaban J connectivity index is 1.90. The highest BCUT2D eigenvalue weighted by Gasteiger charge is 2.42. The maximum absolute atomic E-state index is 12.5. The summed E-state index contributed by atoms with van der Waals surface area (Å²) in [7, 11) is 0. The number of carbonyl (C=O) groups is 2. The first-order chi connectivity index (χ1) is 14.0. The van der Waals surface area contributed by atoms with E-state index in [1.807, 2.05) is 16.8 Å². The van der Waals surface area contributed by atoms with E-state index in [1.54, 1.807) is 11.0 Å². The third kappa shape index (κ3) is 3.32. The zero-order chi connectivity index (χ0) is 20.5. The minimum atomic E-state index is -1.14. The molecule has 1 aliphatic heterocycles. The van der Waals surface area contributed by atoms with Gasteiger partial charge in [0.1, 0.15) is 24.1 Å². The fourth-order valence-corrected chi connectivity index (χ4v) is 4.11. The Hall–Kier alpha value is -3.37. The predicted octanol–water partition coefficient (Wildman–Crippen LogP) is 2.93. The Morgan fingerprint density at radius 2 is 2.14 bits per heavy atom. The molecule has 9 nitrogen and oxygen atoms in total. The van der Waals surface area contributed by atoms with Crippen molar-refractivity contribution in [3.8, 4) is 5.88 Å². The zero-order valence-corrected chi connectivity index (χ0v) is 16.2. The minimum absolute atomic E-state index is 0.000139. The largest absolute Gasteiger partial charge is 0.478 e. The molecular formula is C18H14ClN5O4S. The molecule has 148 valence electrons.